The standard InChI is InChI=1S/C26H26ClN7O4S/c1-39(37,38)31-25(35)19-17-30-34-23(19)29-16-20(24(34)28-15-18-7-3-2-4-8-18)26(36)33-13-11-32(12-14-33)22-10-6-5-9-21(22)27/h2-10,16-17,28H,11-15H2,1H3,(H,31,35). The number of carbonyl (C=O) groups excluding carboxylic acids is 2. The van der Waals surface area contributed by atoms with Gasteiger partial charge in [-0.2, -0.15) is 9.61 Å². The second-order valence-corrected chi connectivity index (χ2v) is 11.2. The molecule has 0 spiro atoms. The Hall–Kier alpha value is -4.16. The summed E-state index contributed by atoms with van der Waals surface area (Å²) in [7, 11) is -3.79. The van der Waals surface area contributed by atoms with E-state index in [1.54, 1.807) is 4.90 Å². The number of sulfonamides is 1. The van der Waals surface area contributed by atoms with E-state index in [1.165, 1.54) is 16.9 Å². The highest BCUT2D eigenvalue weighted by Gasteiger charge is 2.28. The molecule has 39 heavy (non-hydrogen) atoms. The smallest absolute Gasteiger partial charge is 0.270 e. The molecule has 0 saturated carbocycles. The number of nitrogens with zero attached hydrogens (tertiary/aromatic N) is 5. The molecule has 0 radical (unpaired) electrons. The van der Waals surface area contributed by atoms with Crippen LogP contribution in [0.4, 0.5) is 11.5 Å². The van der Waals surface area contributed by atoms with Crippen LogP contribution in [0.1, 0.15) is 26.3 Å². The van der Waals surface area contributed by atoms with Crippen LogP contribution >= 0.6 is 11.6 Å². The van der Waals surface area contributed by atoms with Gasteiger partial charge in [0.2, 0.25) is 10.0 Å². The van der Waals surface area contributed by atoms with Gasteiger partial charge >= 0.3 is 0 Å². The summed E-state index contributed by atoms with van der Waals surface area (Å²) in [5.74, 6) is -0.749. The number of fused-ring (bicyclic) bond motifs is 1. The molecule has 11 nitrogen and oxygen atoms in total. The Morgan fingerprint density at radius 3 is 2.33 bits per heavy atom. The average Bonchev–Trinajstić information content (AvgIpc) is 3.36. The Bertz CT molecular complexity index is 1630. The zero-order valence-electron chi connectivity index (χ0n) is 21.0. The normalized spacial score (nSPS) is 13.9. The Morgan fingerprint density at radius 1 is 0.949 bits per heavy atom. The highest BCUT2D eigenvalue weighted by Crippen LogP contribution is 2.27. The van der Waals surface area contributed by atoms with Gasteiger partial charge in [-0.3, -0.25) is 9.59 Å². The molecule has 1 aliphatic rings. The molecule has 3 heterocycles. The maximum atomic E-state index is 13.7. The van der Waals surface area contributed by atoms with Gasteiger partial charge in [-0.05, 0) is 17.7 Å². The lowest BCUT2D eigenvalue weighted by Crippen LogP contribution is -2.49. The lowest BCUT2D eigenvalue weighted by molar-refractivity contribution is 0.0746. The molecule has 4 aromatic rings. The van der Waals surface area contributed by atoms with Crippen molar-refractivity contribution in [3.63, 3.8) is 0 Å². The summed E-state index contributed by atoms with van der Waals surface area (Å²) in [6.07, 6.45) is 3.51. The van der Waals surface area contributed by atoms with E-state index >= 15 is 0 Å². The summed E-state index contributed by atoms with van der Waals surface area (Å²) in [5.41, 5.74) is 2.26. The van der Waals surface area contributed by atoms with Crippen LogP contribution in [0, 0.1) is 0 Å². The fraction of sp³-hybridized carbons (Fsp3) is 0.231. The molecule has 1 aliphatic heterocycles. The number of benzene rings is 2. The molecule has 2 N–H and O–H groups in total. The second kappa shape index (κ2) is 10.9. The van der Waals surface area contributed by atoms with Crippen LogP contribution < -0.4 is 14.9 Å². The van der Waals surface area contributed by atoms with E-state index in [9.17, 15) is 18.0 Å². The van der Waals surface area contributed by atoms with Gasteiger partial charge in [-0.15, -0.1) is 0 Å². The summed E-state index contributed by atoms with van der Waals surface area (Å²) < 4.78 is 26.5. The van der Waals surface area contributed by atoms with Crippen molar-refractivity contribution in [2.45, 2.75) is 6.54 Å². The highest BCUT2D eigenvalue weighted by atomic mass is 35.5. The molecule has 2 aromatic heterocycles. The number of hydrogen-bond acceptors (Lipinski definition) is 8. The Kier molecular flexibility index (Phi) is 7.40. The van der Waals surface area contributed by atoms with Crippen LogP contribution in [0.3, 0.4) is 0 Å². The second-order valence-electron chi connectivity index (χ2n) is 9.09. The molecule has 1 fully saturated rings. The van der Waals surface area contributed by atoms with Gasteiger partial charge in [-0.1, -0.05) is 54.1 Å². The molecule has 0 bridgehead atoms. The summed E-state index contributed by atoms with van der Waals surface area (Å²) in [6.45, 7) is 2.54. The minimum absolute atomic E-state index is 0.0319. The largest absolute Gasteiger partial charge is 0.367 e. The molecule has 13 heteroatoms. The number of rotatable bonds is 7. The zero-order chi connectivity index (χ0) is 27.6. The van der Waals surface area contributed by atoms with Crippen molar-refractivity contribution >= 4 is 50.6 Å². The molecule has 0 unspecified atom stereocenters. The quantitative estimate of drug-likeness (QED) is 0.349. The van der Waals surface area contributed by atoms with Crippen molar-refractivity contribution in [1.29, 1.82) is 0 Å². The highest BCUT2D eigenvalue weighted by molar-refractivity contribution is 7.89. The molecule has 5 rings (SSSR count). The van der Waals surface area contributed by atoms with Crippen molar-refractivity contribution in [1.82, 2.24) is 24.2 Å². The third kappa shape index (κ3) is 5.81. The number of anilines is 2. The van der Waals surface area contributed by atoms with E-state index in [4.69, 9.17) is 11.6 Å². The van der Waals surface area contributed by atoms with Crippen molar-refractivity contribution in [2.24, 2.45) is 0 Å². The summed E-state index contributed by atoms with van der Waals surface area (Å²) >= 11 is 6.36. The van der Waals surface area contributed by atoms with E-state index in [2.05, 4.69) is 20.3 Å². The first kappa shape index (κ1) is 26.4. The van der Waals surface area contributed by atoms with Crippen LogP contribution in [-0.2, 0) is 16.6 Å². The predicted octanol–water partition coefficient (Wildman–Crippen LogP) is 2.65. The topological polar surface area (TPSA) is 129 Å². The predicted molar refractivity (Wildman–Crippen MR) is 149 cm³/mol. The monoisotopic (exact) mass is 567 g/mol. The van der Waals surface area contributed by atoms with Gasteiger partial charge in [-0.25, -0.2) is 18.1 Å². The summed E-state index contributed by atoms with van der Waals surface area (Å²) in [6, 6.07) is 17.2. The van der Waals surface area contributed by atoms with Gasteiger partial charge in [0.25, 0.3) is 11.8 Å². The number of para-hydroxylation sites is 1. The van der Waals surface area contributed by atoms with Gasteiger partial charge in [0.1, 0.15) is 16.9 Å². The minimum atomic E-state index is -3.79. The number of hydrogen-bond donors (Lipinski definition) is 2. The fourth-order valence-corrected chi connectivity index (χ4v) is 5.15. The molecule has 1 saturated heterocycles. The van der Waals surface area contributed by atoms with Crippen molar-refractivity contribution in [3.05, 3.63) is 88.7 Å². The van der Waals surface area contributed by atoms with Gasteiger partial charge in [0, 0.05) is 38.9 Å². The summed E-state index contributed by atoms with van der Waals surface area (Å²) in [5, 5.41) is 8.21. The molecule has 2 aromatic carbocycles. The maximum absolute atomic E-state index is 13.7. The van der Waals surface area contributed by atoms with E-state index in [-0.39, 0.29) is 22.7 Å². The Balaban J connectivity index is 1.44. The molecular weight excluding hydrogens is 542 g/mol. The molecule has 0 atom stereocenters. The van der Waals surface area contributed by atoms with Crippen LogP contribution in [0.5, 0.6) is 0 Å². The van der Waals surface area contributed by atoms with Crippen molar-refractivity contribution in [2.75, 3.05) is 42.7 Å². The van der Waals surface area contributed by atoms with Crippen LogP contribution in [0.25, 0.3) is 5.65 Å². The van der Waals surface area contributed by atoms with Crippen molar-refractivity contribution < 1.29 is 18.0 Å². The molecule has 0 aliphatic carbocycles. The fourth-order valence-electron chi connectivity index (χ4n) is 4.45. The lowest BCUT2D eigenvalue weighted by Gasteiger charge is -2.36. The van der Waals surface area contributed by atoms with Gasteiger partial charge in [0.15, 0.2) is 5.65 Å². The summed E-state index contributed by atoms with van der Waals surface area (Å²) in [4.78, 5) is 34.5. The van der Waals surface area contributed by atoms with Gasteiger partial charge < -0.3 is 15.1 Å². The molecular formula is C26H26ClN7O4S. The lowest BCUT2D eigenvalue weighted by atomic mass is 10.2. The third-order valence-electron chi connectivity index (χ3n) is 6.34. The first-order chi connectivity index (χ1) is 18.7. The van der Waals surface area contributed by atoms with Crippen LogP contribution in [0.2, 0.25) is 5.02 Å². The zero-order valence-corrected chi connectivity index (χ0v) is 22.6. The number of aromatic nitrogens is 3. The van der Waals surface area contributed by atoms with E-state index < -0.39 is 15.9 Å². The minimum Gasteiger partial charge on any atom is -0.367 e. The molecule has 202 valence electrons. The van der Waals surface area contributed by atoms with Crippen LogP contribution in [0.15, 0.2) is 67.0 Å². The SMILES string of the molecule is CS(=O)(=O)NC(=O)c1cnn2c(NCc3ccccc3)c(C(=O)N3CCN(c4ccccc4Cl)CC3)cnc12. The van der Waals surface area contributed by atoms with E-state index in [0.717, 1.165) is 17.5 Å². The Labute approximate surface area is 230 Å². The molecule has 2 amide bonds. The number of nitrogens with one attached hydrogen (secondary N) is 2. The number of amides is 2. The van der Waals surface area contributed by atoms with E-state index in [1.807, 2.05) is 59.3 Å². The third-order valence-corrected chi connectivity index (χ3v) is 7.22. The Morgan fingerprint density at radius 2 is 1.64 bits per heavy atom. The maximum Gasteiger partial charge on any atom is 0.270 e. The average molecular weight is 568 g/mol. The first-order valence-electron chi connectivity index (χ1n) is 12.2. The van der Waals surface area contributed by atoms with Crippen molar-refractivity contribution in [3.8, 4) is 0 Å². The first-order valence-corrected chi connectivity index (χ1v) is 14.4. The van der Waals surface area contributed by atoms with E-state index in [0.29, 0.717) is 43.6 Å². The van der Waals surface area contributed by atoms with Gasteiger partial charge in [0.05, 0.1) is 23.2 Å². The number of piperazine rings is 1. The number of carbonyl (C=O) groups is 2. The number of halogens is 1. The van der Waals surface area contributed by atoms with Crippen LogP contribution in [-0.4, -0.2) is 72.2 Å².